The van der Waals surface area contributed by atoms with Crippen LogP contribution in [0.3, 0.4) is 0 Å². The van der Waals surface area contributed by atoms with Crippen molar-refractivity contribution in [3.05, 3.63) is 82.9 Å². The minimum Gasteiger partial charge on any atom is -0.487 e. The number of aliphatic imine (C=N–C) groups is 2. The summed E-state index contributed by atoms with van der Waals surface area (Å²) in [5.74, 6) is 0.777. The number of nitrogens with zero attached hydrogens (tertiary/aromatic N) is 4. The van der Waals surface area contributed by atoms with Crippen molar-refractivity contribution in [3.63, 3.8) is 0 Å². The van der Waals surface area contributed by atoms with Gasteiger partial charge in [-0.1, -0.05) is 29.8 Å². The lowest BCUT2D eigenvalue weighted by molar-refractivity contribution is 0.306. The molecule has 0 bridgehead atoms. The van der Waals surface area contributed by atoms with E-state index in [0.717, 1.165) is 0 Å². The molecule has 4 rings (SSSR count). The van der Waals surface area contributed by atoms with E-state index in [-0.39, 0.29) is 29.2 Å². The van der Waals surface area contributed by atoms with Crippen LogP contribution in [0.15, 0.2) is 81.6 Å². The molecule has 0 spiro atoms. The summed E-state index contributed by atoms with van der Waals surface area (Å²) in [5, 5.41) is 9.32. The van der Waals surface area contributed by atoms with Crippen molar-refractivity contribution in [1.82, 2.24) is 0 Å². The van der Waals surface area contributed by atoms with Gasteiger partial charge in [0, 0.05) is 5.69 Å². The molecule has 0 radical (unpaired) electrons. The Kier molecular flexibility index (Phi) is 6.98. The first-order valence-electron chi connectivity index (χ1n) is 10.9. The molecule has 0 saturated carbocycles. The molecule has 3 aromatic rings. The molecular weight excluding hydrogens is 516 g/mol. The van der Waals surface area contributed by atoms with Crippen molar-refractivity contribution < 1.29 is 17.3 Å². The predicted molar refractivity (Wildman–Crippen MR) is 141 cm³/mol. The van der Waals surface area contributed by atoms with Gasteiger partial charge < -0.3 is 20.4 Å². The van der Waals surface area contributed by atoms with Gasteiger partial charge in [0.1, 0.15) is 28.7 Å². The molecule has 1 heterocycles. The van der Waals surface area contributed by atoms with Crippen LogP contribution in [-0.2, 0) is 16.7 Å². The minimum absolute atomic E-state index is 0.0345. The SMILES string of the molecule is CC1(C)N=C(N)N=C(N)N1c1ccc(OCc2ccc(S(=O)(=O)Oc3cccc(C#N)c3)cc2)c(Cl)c1. The molecule has 0 aromatic heterocycles. The highest BCUT2D eigenvalue weighted by atomic mass is 35.5. The number of anilines is 1. The van der Waals surface area contributed by atoms with E-state index in [0.29, 0.717) is 27.6 Å². The second-order valence-electron chi connectivity index (χ2n) is 8.49. The molecule has 0 atom stereocenters. The number of rotatable bonds is 7. The molecule has 0 amide bonds. The summed E-state index contributed by atoms with van der Waals surface area (Å²) in [4.78, 5) is 10.0. The molecule has 37 heavy (non-hydrogen) atoms. The number of hydrogen-bond donors (Lipinski definition) is 2. The molecule has 1 aliphatic heterocycles. The molecule has 10 nitrogen and oxygen atoms in total. The van der Waals surface area contributed by atoms with E-state index in [9.17, 15) is 8.42 Å². The van der Waals surface area contributed by atoms with Crippen LogP contribution in [0.5, 0.6) is 11.5 Å². The molecule has 0 aliphatic carbocycles. The zero-order chi connectivity index (χ0) is 26.8. The number of nitriles is 1. The van der Waals surface area contributed by atoms with Gasteiger partial charge in [-0.3, -0.25) is 4.90 Å². The summed E-state index contributed by atoms with van der Waals surface area (Å²) in [7, 11) is -4.07. The van der Waals surface area contributed by atoms with E-state index < -0.39 is 15.8 Å². The van der Waals surface area contributed by atoms with E-state index >= 15 is 0 Å². The van der Waals surface area contributed by atoms with Gasteiger partial charge in [-0.2, -0.15) is 18.7 Å². The third kappa shape index (κ3) is 5.77. The topological polar surface area (TPSA) is 156 Å². The van der Waals surface area contributed by atoms with Crippen molar-refractivity contribution in [2.24, 2.45) is 21.5 Å². The highest BCUT2D eigenvalue weighted by Gasteiger charge is 2.33. The maximum atomic E-state index is 12.6. The molecule has 3 aromatic carbocycles. The van der Waals surface area contributed by atoms with Gasteiger partial charge >= 0.3 is 10.1 Å². The minimum atomic E-state index is -4.07. The maximum absolute atomic E-state index is 12.6. The molecule has 12 heteroatoms. The highest BCUT2D eigenvalue weighted by Crippen LogP contribution is 2.34. The van der Waals surface area contributed by atoms with Gasteiger partial charge in [0.15, 0.2) is 0 Å². The fourth-order valence-electron chi connectivity index (χ4n) is 3.70. The molecular formula is C25H23ClN6O4S. The number of benzene rings is 3. The Balaban J connectivity index is 1.43. The Morgan fingerprint density at radius 3 is 2.46 bits per heavy atom. The maximum Gasteiger partial charge on any atom is 0.339 e. The van der Waals surface area contributed by atoms with Crippen LogP contribution in [0.4, 0.5) is 5.69 Å². The summed E-state index contributed by atoms with van der Waals surface area (Å²) < 4.78 is 36.2. The van der Waals surface area contributed by atoms with Gasteiger partial charge in [-0.25, -0.2) is 4.99 Å². The first-order chi connectivity index (χ1) is 17.5. The van der Waals surface area contributed by atoms with Crippen LogP contribution < -0.4 is 25.3 Å². The molecule has 0 saturated heterocycles. The molecule has 190 valence electrons. The summed E-state index contributed by atoms with van der Waals surface area (Å²) in [6, 6.07) is 19.1. The average Bonchev–Trinajstić information content (AvgIpc) is 2.82. The lowest BCUT2D eigenvalue weighted by Gasteiger charge is -2.38. The van der Waals surface area contributed by atoms with Crippen molar-refractivity contribution in [1.29, 1.82) is 5.26 Å². The number of hydrogen-bond acceptors (Lipinski definition) is 10. The molecule has 0 fully saturated rings. The fraction of sp³-hybridized carbons (Fsp3) is 0.160. The van der Waals surface area contributed by atoms with Gasteiger partial charge in [-0.05, 0) is 67.9 Å². The third-order valence-electron chi connectivity index (χ3n) is 5.34. The largest absolute Gasteiger partial charge is 0.487 e. The normalized spacial score (nSPS) is 14.8. The van der Waals surface area contributed by atoms with Crippen LogP contribution >= 0.6 is 11.6 Å². The van der Waals surface area contributed by atoms with Crippen molar-refractivity contribution in [3.8, 4) is 17.6 Å². The van der Waals surface area contributed by atoms with Gasteiger partial charge in [0.05, 0.1) is 16.7 Å². The third-order valence-corrected chi connectivity index (χ3v) is 6.90. The van der Waals surface area contributed by atoms with Crippen LogP contribution in [0.2, 0.25) is 5.02 Å². The van der Waals surface area contributed by atoms with Crippen molar-refractivity contribution >= 4 is 39.3 Å². The predicted octanol–water partition coefficient (Wildman–Crippen LogP) is 3.74. The Bertz CT molecular complexity index is 1550. The zero-order valence-corrected chi connectivity index (χ0v) is 21.5. The smallest absolute Gasteiger partial charge is 0.339 e. The lowest BCUT2D eigenvalue weighted by atomic mass is 10.1. The molecule has 4 N–H and O–H groups in total. The Labute approximate surface area is 219 Å². The van der Waals surface area contributed by atoms with E-state index in [4.69, 9.17) is 37.3 Å². The summed E-state index contributed by atoms with van der Waals surface area (Å²) in [6.45, 7) is 3.83. The van der Waals surface area contributed by atoms with Crippen LogP contribution in [0.1, 0.15) is 25.0 Å². The average molecular weight is 539 g/mol. The van der Waals surface area contributed by atoms with Gasteiger partial charge in [0.25, 0.3) is 0 Å². The van der Waals surface area contributed by atoms with Crippen LogP contribution in [0, 0.1) is 11.3 Å². The second-order valence-corrected chi connectivity index (χ2v) is 10.4. The quantitative estimate of drug-likeness (QED) is 0.431. The first kappa shape index (κ1) is 25.8. The van der Waals surface area contributed by atoms with E-state index in [1.165, 1.54) is 24.3 Å². The standard InChI is InChI=1S/C25H23ClN6O4S/c1-25(2)31-23(28)30-24(29)32(25)18-8-11-22(21(26)13-18)35-15-16-6-9-20(10-7-16)37(33,34)36-19-5-3-4-17(12-19)14-27/h3-13H,15H2,1-2H3,(H4,28,29,30,31). The Morgan fingerprint density at radius 2 is 1.81 bits per heavy atom. The molecule has 1 aliphatic rings. The van der Waals surface area contributed by atoms with E-state index in [1.54, 1.807) is 47.4 Å². The number of ether oxygens (including phenoxy) is 1. The lowest BCUT2D eigenvalue weighted by Crippen LogP contribution is -2.54. The molecule has 0 unspecified atom stereocenters. The number of guanidine groups is 2. The number of halogens is 1. The van der Waals surface area contributed by atoms with Gasteiger partial charge in [-0.15, -0.1) is 0 Å². The van der Waals surface area contributed by atoms with Crippen molar-refractivity contribution in [2.75, 3.05) is 4.90 Å². The zero-order valence-electron chi connectivity index (χ0n) is 19.9. The van der Waals surface area contributed by atoms with Crippen LogP contribution in [-0.4, -0.2) is 26.0 Å². The first-order valence-corrected chi connectivity index (χ1v) is 12.7. The summed E-state index contributed by atoms with van der Waals surface area (Å²) in [6.07, 6.45) is 0. The number of nitrogens with two attached hydrogens (primary N) is 2. The summed E-state index contributed by atoms with van der Waals surface area (Å²) in [5.41, 5.74) is 12.7. The van der Waals surface area contributed by atoms with Gasteiger partial charge in [0.2, 0.25) is 11.9 Å². The monoisotopic (exact) mass is 538 g/mol. The second kappa shape index (κ2) is 10.0. The van der Waals surface area contributed by atoms with E-state index in [1.807, 2.05) is 19.9 Å². The highest BCUT2D eigenvalue weighted by molar-refractivity contribution is 7.87. The Morgan fingerprint density at radius 1 is 1.08 bits per heavy atom. The summed E-state index contributed by atoms with van der Waals surface area (Å²) >= 11 is 6.46. The van der Waals surface area contributed by atoms with Crippen molar-refractivity contribution in [2.45, 2.75) is 31.0 Å². The fourth-order valence-corrected chi connectivity index (χ4v) is 4.85. The Hall–Kier alpha value is -4.27. The van der Waals surface area contributed by atoms with E-state index in [2.05, 4.69) is 9.98 Å². The van der Waals surface area contributed by atoms with Crippen LogP contribution in [0.25, 0.3) is 0 Å².